The molecule has 5 aromatic rings. The second-order valence-corrected chi connectivity index (χ2v) is 13.3. The average molecular weight is 661 g/mol. The van der Waals surface area contributed by atoms with Crippen molar-refractivity contribution < 1.29 is 9.53 Å². The van der Waals surface area contributed by atoms with Crippen molar-refractivity contribution >= 4 is 29.0 Å². The maximum atomic E-state index is 13.7. The lowest BCUT2D eigenvalue weighted by molar-refractivity contribution is -0.0698. The Labute approximate surface area is 283 Å². The lowest BCUT2D eigenvalue weighted by Crippen LogP contribution is -2.60. The summed E-state index contributed by atoms with van der Waals surface area (Å²) in [7, 11) is 1.67. The second-order valence-electron chi connectivity index (χ2n) is 13.3. The molecular formula is C37H40N8O4. The minimum Gasteiger partial charge on any atom is -0.378 e. The molecule has 2 saturated heterocycles. The summed E-state index contributed by atoms with van der Waals surface area (Å²) < 4.78 is 10.3. The minimum absolute atomic E-state index is 0.234. The van der Waals surface area contributed by atoms with Crippen LogP contribution in [0.4, 0.5) is 17.2 Å². The van der Waals surface area contributed by atoms with Crippen LogP contribution < -0.4 is 21.3 Å². The van der Waals surface area contributed by atoms with Crippen molar-refractivity contribution in [1.29, 1.82) is 0 Å². The molecule has 8 rings (SSSR count). The van der Waals surface area contributed by atoms with Gasteiger partial charge >= 0.3 is 0 Å². The lowest BCUT2D eigenvalue weighted by atomic mass is 9.98. The summed E-state index contributed by atoms with van der Waals surface area (Å²) in [6, 6.07) is 10.3. The first-order valence-electron chi connectivity index (χ1n) is 17.1. The molecule has 1 aliphatic carbocycles. The van der Waals surface area contributed by atoms with E-state index in [2.05, 4.69) is 32.0 Å². The summed E-state index contributed by atoms with van der Waals surface area (Å²) in [4.78, 5) is 53.8. The highest BCUT2D eigenvalue weighted by molar-refractivity contribution is 5.91. The van der Waals surface area contributed by atoms with Crippen molar-refractivity contribution in [3.05, 3.63) is 98.8 Å². The van der Waals surface area contributed by atoms with Gasteiger partial charge in [-0.3, -0.25) is 23.9 Å². The number of ether oxygens (including phenoxy) is 1. The molecule has 0 bridgehead atoms. The van der Waals surface area contributed by atoms with Gasteiger partial charge < -0.3 is 23.9 Å². The number of carbonyl (C=O) groups is 1. The number of carbonyl (C=O) groups excluding carboxylic acids is 1. The highest BCUT2D eigenvalue weighted by Gasteiger charge is 2.33. The fourth-order valence-electron chi connectivity index (χ4n) is 7.62. The predicted octanol–water partition coefficient (Wildman–Crippen LogP) is 3.98. The maximum absolute atomic E-state index is 13.7. The predicted molar refractivity (Wildman–Crippen MR) is 189 cm³/mol. The number of hydrogen-bond donors (Lipinski definition) is 1. The zero-order valence-corrected chi connectivity index (χ0v) is 27.8. The normalized spacial score (nSPS) is 18.3. The molecule has 0 saturated carbocycles. The van der Waals surface area contributed by atoms with Crippen LogP contribution in [-0.4, -0.2) is 79.6 Å². The molecule has 7 heterocycles. The van der Waals surface area contributed by atoms with Gasteiger partial charge in [0.15, 0.2) is 12.1 Å². The summed E-state index contributed by atoms with van der Waals surface area (Å²) in [5.74, 6) is 0.782. The molecule has 1 unspecified atom stereocenters. The van der Waals surface area contributed by atoms with Crippen LogP contribution in [0.25, 0.3) is 22.5 Å². The number of aromatic nitrogens is 5. The van der Waals surface area contributed by atoms with Gasteiger partial charge in [-0.2, -0.15) is 0 Å². The van der Waals surface area contributed by atoms with Gasteiger partial charge in [-0.05, 0) is 73.6 Å². The van der Waals surface area contributed by atoms with Crippen molar-refractivity contribution in [3.8, 4) is 16.9 Å². The number of pyridine rings is 3. The number of aldehydes is 1. The topological polar surface area (TPSA) is 119 Å². The van der Waals surface area contributed by atoms with E-state index in [0.717, 1.165) is 76.9 Å². The van der Waals surface area contributed by atoms with Gasteiger partial charge in [0.05, 0.1) is 36.7 Å². The highest BCUT2D eigenvalue weighted by atomic mass is 16.5. The van der Waals surface area contributed by atoms with E-state index in [1.165, 1.54) is 20.4 Å². The fourth-order valence-corrected chi connectivity index (χ4v) is 7.62. The Balaban J connectivity index is 1.08. The number of rotatable bonds is 8. The van der Waals surface area contributed by atoms with E-state index in [9.17, 15) is 14.4 Å². The number of aryl methyl sites for hydroxylation is 3. The van der Waals surface area contributed by atoms with E-state index in [4.69, 9.17) is 4.74 Å². The molecule has 0 aromatic carbocycles. The number of piperazine rings is 1. The van der Waals surface area contributed by atoms with Crippen molar-refractivity contribution in [2.45, 2.75) is 51.1 Å². The third kappa shape index (κ3) is 5.54. The lowest BCUT2D eigenvalue weighted by Gasteiger charge is -2.47. The Hall–Kier alpha value is -5.07. The van der Waals surface area contributed by atoms with Gasteiger partial charge in [0, 0.05) is 68.8 Å². The summed E-state index contributed by atoms with van der Waals surface area (Å²) in [5.41, 5.74) is 5.29. The molecule has 5 aromatic heterocycles. The first kappa shape index (κ1) is 31.2. The zero-order chi connectivity index (χ0) is 33.6. The van der Waals surface area contributed by atoms with Crippen LogP contribution in [0.5, 0.6) is 0 Å². The summed E-state index contributed by atoms with van der Waals surface area (Å²) >= 11 is 0. The molecule has 3 aliphatic rings. The SMILES string of the molecule is CCC1CN(C2COC2)CCN1c1ccc(Nc2cc(-c3ccnc(-n4ccn5c6c(cc5c4=O)CCCC6)c3C=O)cn(C)c2=O)nc1. The van der Waals surface area contributed by atoms with E-state index in [1.807, 2.05) is 35.0 Å². The van der Waals surface area contributed by atoms with E-state index < -0.39 is 0 Å². The average Bonchev–Trinajstić information content (AvgIpc) is 3.49. The van der Waals surface area contributed by atoms with E-state index >= 15 is 0 Å². The molecule has 49 heavy (non-hydrogen) atoms. The summed E-state index contributed by atoms with van der Waals surface area (Å²) in [6.45, 7) is 6.78. The molecule has 252 valence electrons. The third-order valence-electron chi connectivity index (χ3n) is 10.4. The summed E-state index contributed by atoms with van der Waals surface area (Å²) in [5, 5.41) is 3.21. The molecule has 12 nitrogen and oxygen atoms in total. The van der Waals surface area contributed by atoms with Crippen molar-refractivity contribution in [1.82, 2.24) is 28.4 Å². The molecule has 0 radical (unpaired) electrons. The first-order valence-corrected chi connectivity index (χ1v) is 17.1. The van der Waals surface area contributed by atoms with Gasteiger partial charge in [0.25, 0.3) is 11.1 Å². The number of anilines is 3. The fraction of sp³-hybridized carbons (Fsp3) is 0.378. The first-order chi connectivity index (χ1) is 23.9. The Morgan fingerprint density at radius 3 is 2.63 bits per heavy atom. The number of nitrogens with zero attached hydrogens (tertiary/aromatic N) is 7. The highest BCUT2D eigenvalue weighted by Crippen LogP contribution is 2.30. The molecular weight excluding hydrogens is 620 g/mol. The third-order valence-corrected chi connectivity index (χ3v) is 10.4. The molecule has 0 spiro atoms. The van der Waals surface area contributed by atoms with Crippen molar-refractivity contribution in [2.75, 3.05) is 43.1 Å². The molecule has 0 amide bonds. The zero-order valence-electron chi connectivity index (χ0n) is 27.8. The maximum Gasteiger partial charge on any atom is 0.280 e. The Morgan fingerprint density at radius 1 is 1.02 bits per heavy atom. The monoisotopic (exact) mass is 660 g/mol. The van der Waals surface area contributed by atoms with Crippen LogP contribution in [0, 0.1) is 0 Å². The Kier molecular flexibility index (Phi) is 8.12. The molecule has 12 heteroatoms. The van der Waals surface area contributed by atoms with Crippen LogP contribution in [0.2, 0.25) is 0 Å². The van der Waals surface area contributed by atoms with Gasteiger partial charge in [-0.15, -0.1) is 0 Å². The van der Waals surface area contributed by atoms with Gasteiger partial charge in [-0.25, -0.2) is 9.97 Å². The van der Waals surface area contributed by atoms with E-state index in [0.29, 0.717) is 40.2 Å². The van der Waals surface area contributed by atoms with Crippen LogP contribution >= 0.6 is 0 Å². The number of nitrogens with one attached hydrogen (secondary N) is 1. The van der Waals surface area contributed by atoms with E-state index in [1.54, 1.807) is 37.8 Å². The van der Waals surface area contributed by atoms with Gasteiger partial charge in [0.2, 0.25) is 0 Å². The summed E-state index contributed by atoms with van der Waals surface area (Å²) in [6.07, 6.45) is 14.6. The van der Waals surface area contributed by atoms with Crippen molar-refractivity contribution in [3.63, 3.8) is 0 Å². The largest absolute Gasteiger partial charge is 0.378 e. The van der Waals surface area contributed by atoms with Crippen LogP contribution in [0.1, 0.15) is 47.8 Å². The molecule has 2 aliphatic heterocycles. The quantitative estimate of drug-likeness (QED) is 0.247. The van der Waals surface area contributed by atoms with Crippen LogP contribution in [0.3, 0.4) is 0 Å². The van der Waals surface area contributed by atoms with Gasteiger partial charge in [0.1, 0.15) is 17.0 Å². The van der Waals surface area contributed by atoms with Crippen LogP contribution in [-0.2, 0) is 24.6 Å². The number of fused-ring (bicyclic) bond motifs is 3. The van der Waals surface area contributed by atoms with Crippen LogP contribution in [0.15, 0.2) is 70.9 Å². The molecule has 1 N–H and O–H groups in total. The standard InChI is InChI=1S/C37H40N8O4/c1-3-26-20-42(28-22-49-23-28)12-13-43(26)27-8-9-34(39-18-27)40-31-16-25(19-41(2)36(31)47)29-10-11-38-35(30(29)21-46)45-15-14-44-32-7-5-4-6-24(32)17-33(44)37(45)48/h8-11,14-19,21,26,28H,3-7,12-13,20,22-23H2,1-2H3,(H,39,40). The van der Waals surface area contributed by atoms with Gasteiger partial charge in [-0.1, -0.05) is 6.92 Å². The second kappa shape index (κ2) is 12.8. The van der Waals surface area contributed by atoms with Crippen molar-refractivity contribution in [2.24, 2.45) is 7.05 Å². The Bertz CT molecular complexity index is 2160. The Morgan fingerprint density at radius 2 is 1.88 bits per heavy atom. The smallest absolute Gasteiger partial charge is 0.280 e. The number of hydrogen-bond acceptors (Lipinski definition) is 9. The molecule has 1 atom stereocenters. The van der Waals surface area contributed by atoms with E-state index in [-0.39, 0.29) is 22.5 Å². The molecule has 2 fully saturated rings. The minimum atomic E-state index is -0.238.